The third-order valence-electron chi connectivity index (χ3n) is 5.82. The molecule has 0 amide bonds. The lowest BCUT2D eigenvalue weighted by molar-refractivity contribution is 0.979. The molecular formula is C26H19N. The van der Waals surface area contributed by atoms with Crippen molar-refractivity contribution in [2.24, 2.45) is 0 Å². The van der Waals surface area contributed by atoms with Gasteiger partial charge in [-0.2, -0.15) is 0 Å². The molecule has 1 heteroatoms. The fourth-order valence-corrected chi connectivity index (χ4v) is 4.63. The Kier molecular flexibility index (Phi) is 3.06. The largest absolute Gasteiger partial charge is 0.313 e. The van der Waals surface area contributed by atoms with Gasteiger partial charge in [-0.05, 0) is 52.6 Å². The summed E-state index contributed by atoms with van der Waals surface area (Å²) in [6.45, 7) is 0. The molecule has 0 radical (unpaired) electrons. The van der Waals surface area contributed by atoms with Crippen LogP contribution in [0.4, 0.5) is 0 Å². The molecule has 0 saturated carbocycles. The van der Waals surface area contributed by atoms with E-state index in [-0.39, 0.29) is 0 Å². The summed E-state index contributed by atoms with van der Waals surface area (Å²) in [7, 11) is 0. The zero-order valence-electron chi connectivity index (χ0n) is 15.0. The van der Waals surface area contributed by atoms with Gasteiger partial charge in [0.05, 0.1) is 11.0 Å². The number of hydrogen-bond acceptors (Lipinski definition) is 0. The third-order valence-corrected chi connectivity index (χ3v) is 5.82. The lowest BCUT2D eigenvalue weighted by atomic mass is 10.00. The standard InChI is InChI=1S/C26H19N/c1-2-10-20(11-3-1)27-23-16-14-18-8-4-6-12-21(18)25(23)26-22-13-7-5-9-19(22)15-17-24(26)27/h1-2,4-10,12-17H,3,11H2. The molecule has 0 aliphatic heterocycles. The highest BCUT2D eigenvalue weighted by atomic mass is 15.0. The maximum absolute atomic E-state index is 2.48. The second-order valence-corrected chi connectivity index (χ2v) is 7.32. The van der Waals surface area contributed by atoms with Crippen molar-refractivity contribution < 1.29 is 0 Å². The molecule has 4 aromatic carbocycles. The SMILES string of the molecule is C1=CCCC(n2c3ccc4ccccc4c3c3c4ccccc4ccc32)=C1. The van der Waals surface area contributed by atoms with Crippen LogP contribution in [0.3, 0.4) is 0 Å². The second-order valence-electron chi connectivity index (χ2n) is 7.32. The van der Waals surface area contributed by atoms with Crippen LogP contribution in [0, 0.1) is 0 Å². The van der Waals surface area contributed by atoms with E-state index in [9.17, 15) is 0 Å². The summed E-state index contributed by atoms with van der Waals surface area (Å²) in [4.78, 5) is 0. The molecule has 27 heavy (non-hydrogen) atoms. The Labute approximate surface area is 157 Å². The number of fused-ring (bicyclic) bond motifs is 7. The smallest absolute Gasteiger partial charge is 0.0544 e. The minimum atomic E-state index is 1.08. The Bertz CT molecular complexity index is 1320. The van der Waals surface area contributed by atoms with Gasteiger partial charge in [0.25, 0.3) is 0 Å². The first-order valence-electron chi connectivity index (χ1n) is 9.61. The van der Waals surface area contributed by atoms with Crippen molar-refractivity contribution in [1.29, 1.82) is 0 Å². The van der Waals surface area contributed by atoms with E-state index < -0.39 is 0 Å². The Morgan fingerprint density at radius 3 is 1.78 bits per heavy atom. The van der Waals surface area contributed by atoms with Crippen LogP contribution >= 0.6 is 0 Å². The summed E-state index contributed by atoms with van der Waals surface area (Å²) in [5.41, 5.74) is 3.99. The van der Waals surface area contributed by atoms with Crippen LogP contribution in [0.25, 0.3) is 49.0 Å². The van der Waals surface area contributed by atoms with Gasteiger partial charge in [0.1, 0.15) is 0 Å². The van der Waals surface area contributed by atoms with Crippen LogP contribution < -0.4 is 0 Å². The minimum absolute atomic E-state index is 1.08. The van der Waals surface area contributed by atoms with Crippen molar-refractivity contribution in [1.82, 2.24) is 4.57 Å². The van der Waals surface area contributed by atoms with Gasteiger partial charge in [-0.1, -0.05) is 72.8 Å². The van der Waals surface area contributed by atoms with E-state index in [4.69, 9.17) is 0 Å². The zero-order chi connectivity index (χ0) is 17.8. The highest BCUT2D eigenvalue weighted by Gasteiger charge is 2.18. The molecule has 1 aliphatic rings. The maximum Gasteiger partial charge on any atom is 0.0544 e. The van der Waals surface area contributed by atoms with Crippen LogP contribution in [0.1, 0.15) is 12.8 Å². The Balaban J connectivity index is 1.92. The van der Waals surface area contributed by atoms with Gasteiger partial charge in [-0.3, -0.25) is 0 Å². The Morgan fingerprint density at radius 2 is 1.22 bits per heavy atom. The fourth-order valence-electron chi connectivity index (χ4n) is 4.63. The number of nitrogens with zero attached hydrogens (tertiary/aromatic N) is 1. The first kappa shape index (κ1) is 14.8. The highest BCUT2D eigenvalue weighted by molar-refractivity contribution is 6.28. The first-order chi connectivity index (χ1) is 13.4. The maximum atomic E-state index is 2.48. The van der Waals surface area contributed by atoms with E-state index in [0.29, 0.717) is 0 Å². The fraction of sp³-hybridized carbons (Fsp3) is 0.0769. The van der Waals surface area contributed by atoms with Crippen molar-refractivity contribution in [3.8, 4) is 0 Å². The molecular weight excluding hydrogens is 326 g/mol. The highest BCUT2D eigenvalue weighted by Crippen LogP contribution is 2.41. The van der Waals surface area contributed by atoms with E-state index >= 15 is 0 Å². The first-order valence-corrected chi connectivity index (χ1v) is 9.61. The molecule has 0 saturated heterocycles. The average Bonchev–Trinajstić information content (AvgIpc) is 3.09. The zero-order valence-corrected chi connectivity index (χ0v) is 15.0. The van der Waals surface area contributed by atoms with Gasteiger partial charge in [0.2, 0.25) is 0 Å². The average molecular weight is 345 g/mol. The van der Waals surface area contributed by atoms with E-state index in [1.54, 1.807) is 0 Å². The molecule has 1 nitrogen and oxygen atoms in total. The van der Waals surface area contributed by atoms with Crippen molar-refractivity contribution in [2.75, 3.05) is 0 Å². The minimum Gasteiger partial charge on any atom is -0.313 e. The van der Waals surface area contributed by atoms with Crippen molar-refractivity contribution >= 4 is 49.0 Å². The number of rotatable bonds is 1. The van der Waals surface area contributed by atoms with Gasteiger partial charge < -0.3 is 4.57 Å². The van der Waals surface area contributed by atoms with Crippen LogP contribution in [0.2, 0.25) is 0 Å². The van der Waals surface area contributed by atoms with Crippen LogP contribution in [0.5, 0.6) is 0 Å². The van der Waals surface area contributed by atoms with Crippen LogP contribution in [-0.4, -0.2) is 4.57 Å². The van der Waals surface area contributed by atoms with E-state index in [2.05, 4.69) is 95.6 Å². The molecule has 0 N–H and O–H groups in total. The topological polar surface area (TPSA) is 4.93 Å². The predicted octanol–water partition coefficient (Wildman–Crippen LogP) is 7.29. The summed E-state index contributed by atoms with van der Waals surface area (Å²) < 4.78 is 2.48. The third kappa shape index (κ3) is 2.06. The van der Waals surface area contributed by atoms with Gasteiger partial charge in [-0.15, -0.1) is 0 Å². The molecule has 1 heterocycles. The summed E-state index contributed by atoms with van der Waals surface area (Å²) in [5, 5.41) is 8.01. The Hall–Kier alpha value is -3.32. The predicted molar refractivity (Wildman–Crippen MR) is 117 cm³/mol. The molecule has 1 aliphatic carbocycles. The molecule has 0 fully saturated rings. The quantitative estimate of drug-likeness (QED) is 0.300. The van der Waals surface area contributed by atoms with E-state index in [1.165, 1.54) is 49.0 Å². The van der Waals surface area contributed by atoms with E-state index in [0.717, 1.165) is 12.8 Å². The monoisotopic (exact) mass is 345 g/mol. The molecule has 1 aromatic heterocycles. The molecule has 0 atom stereocenters. The molecule has 0 bridgehead atoms. The number of hydrogen-bond donors (Lipinski definition) is 0. The van der Waals surface area contributed by atoms with Crippen LogP contribution in [-0.2, 0) is 0 Å². The van der Waals surface area contributed by atoms with Gasteiger partial charge in [0, 0.05) is 16.5 Å². The normalized spacial score (nSPS) is 14.4. The lowest BCUT2D eigenvalue weighted by Crippen LogP contribution is -1.98. The summed E-state index contributed by atoms with van der Waals surface area (Å²) in [5.74, 6) is 0. The molecule has 5 aromatic rings. The summed E-state index contributed by atoms with van der Waals surface area (Å²) in [6.07, 6.45) is 8.90. The number of aromatic nitrogens is 1. The molecule has 6 rings (SSSR count). The van der Waals surface area contributed by atoms with Gasteiger partial charge in [0.15, 0.2) is 0 Å². The summed E-state index contributed by atoms with van der Waals surface area (Å²) in [6, 6.07) is 26.6. The van der Waals surface area contributed by atoms with Crippen molar-refractivity contribution in [3.05, 3.63) is 91.0 Å². The number of benzene rings is 4. The molecule has 0 unspecified atom stereocenters. The molecule has 0 spiro atoms. The molecule has 128 valence electrons. The summed E-state index contributed by atoms with van der Waals surface area (Å²) >= 11 is 0. The lowest BCUT2D eigenvalue weighted by Gasteiger charge is -2.14. The van der Waals surface area contributed by atoms with Gasteiger partial charge in [-0.25, -0.2) is 0 Å². The second kappa shape index (κ2) is 5.59. The van der Waals surface area contributed by atoms with Crippen molar-refractivity contribution in [3.63, 3.8) is 0 Å². The van der Waals surface area contributed by atoms with Crippen molar-refractivity contribution in [2.45, 2.75) is 12.8 Å². The van der Waals surface area contributed by atoms with Gasteiger partial charge >= 0.3 is 0 Å². The number of allylic oxidation sites excluding steroid dienone is 4. The Morgan fingerprint density at radius 1 is 0.630 bits per heavy atom. The van der Waals surface area contributed by atoms with E-state index in [1.807, 2.05) is 0 Å². The van der Waals surface area contributed by atoms with Crippen LogP contribution in [0.15, 0.2) is 91.0 Å².